The maximum atomic E-state index is 5.86. The molecule has 0 radical (unpaired) electrons. The number of nitrogens with zero attached hydrogens (tertiary/aromatic N) is 4. The van der Waals surface area contributed by atoms with Crippen LogP contribution < -0.4 is 11.5 Å². The van der Waals surface area contributed by atoms with E-state index in [0.717, 1.165) is 16.8 Å². The molecule has 1 aromatic carbocycles. The van der Waals surface area contributed by atoms with Crippen molar-refractivity contribution in [1.29, 1.82) is 0 Å². The van der Waals surface area contributed by atoms with Crippen molar-refractivity contribution in [2.45, 2.75) is 6.92 Å². The number of para-hydroxylation sites is 1. The Morgan fingerprint density at radius 2 is 1.78 bits per heavy atom. The first-order valence-corrected chi connectivity index (χ1v) is 5.50. The molecule has 0 fully saturated rings. The van der Waals surface area contributed by atoms with Crippen LogP contribution in [0.1, 0.15) is 5.69 Å². The Hall–Kier alpha value is -2.63. The average molecular weight is 240 g/mol. The Morgan fingerprint density at radius 3 is 2.50 bits per heavy atom. The summed E-state index contributed by atoms with van der Waals surface area (Å²) < 4.78 is 1.72. The van der Waals surface area contributed by atoms with Gasteiger partial charge in [0.05, 0.1) is 16.8 Å². The van der Waals surface area contributed by atoms with Gasteiger partial charge in [0.2, 0.25) is 5.95 Å². The highest BCUT2D eigenvalue weighted by atomic mass is 15.3. The molecule has 6 heteroatoms. The Morgan fingerprint density at radius 1 is 1.06 bits per heavy atom. The number of aromatic nitrogens is 4. The van der Waals surface area contributed by atoms with Crippen LogP contribution in [0.3, 0.4) is 0 Å². The maximum Gasteiger partial charge on any atom is 0.224 e. The molecule has 0 spiro atoms. The monoisotopic (exact) mass is 240 g/mol. The quantitative estimate of drug-likeness (QED) is 0.668. The van der Waals surface area contributed by atoms with Crippen molar-refractivity contribution in [3.63, 3.8) is 0 Å². The van der Waals surface area contributed by atoms with Crippen molar-refractivity contribution in [1.82, 2.24) is 19.7 Å². The van der Waals surface area contributed by atoms with Gasteiger partial charge >= 0.3 is 0 Å². The van der Waals surface area contributed by atoms with Gasteiger partial charge in [-0.15, -0.1) is 0 Å². The number of hydrogen-bond acceptors (Lipinski definition) is 5. The predicted molar refractivity (Wildman–Crippen MR) is 70.2 cm³/mol. The SMILES string of the molecule is Cc1nn(-c2ccccc2)c2nc(N)nc(N)c12. The van der Waals surface area contributed by atoms with Gasteiger partial charge in [-0.3, -0.25) is 0 Å². The summed E-state index contributed by atoms with van der Waals surface area (Å²) >= 11 is 0. The van der Waals surface area contributed by atoms with Crippen LogP contribution in [0.15, 0.2) is 30.3 Å². The summed E-state index contributed by atoms with van der Waals surface area (Å²) in [6.07, 6.45) is 0. The lowest BCUT2D eigenvalue weighted by molar-refractivity contribution is 0.877. The van der Waals surface area contributed by atoms with Crippen molar-refractivity contribution >= 4 is 22.8 Å². The van der Waals surface area contributed by atoms with Gasteiger partial charge in [0.25, 0.3) is 0 Å². The van der Waals surface area contributed by atoms with Gasteiger partial charge in [-0.25, -0.2) is 4.68 Å². The normalized spacial score (nSPS) is 10.9. The van der Waals surface area contributed by atoms with E-state index in [1.807, 2.05) is 37.3 Å². The first-order valence-electron chi connectivity index (χ1n) is 5.50. The molecule has 0 bridgehead atoms. The van der Waals surface area contributed by atoms with Gasteiger partial charge in [0.1, 0.15) is 5.82 Å². The number of benzene rings is 1. The summed E-state index contributed by atoms with van der Waals surface area (Å²) in [4.78, 5) is 8.18. The topological polar surface area (TPSA) is 95.6 Å². The summed E-state index contributed by atoms with van der Waals surface area (Å²) in [6.45, 7) is 1.87. The van der Waals surface area contributed by atoms with Gasteiger partial charge in [-0.2, -0.15) is 15.1 Å². The van der Waals surface area contributed by atoms with E-state index in [9.17, 15) is 0 Å². The summed E-state index contributed by atoms with van der Waals surface area (Å²) in [5.74, 6) is 0.509. The molecule has 0 atom stereocenters. The van der Waals surface area contributed by atoms with Crippen LogP contribution in [0.5, 0.6) is 0 Å². The molecule has 0 aliphatic rings. The molecule has 6 nitrogen and oxygen atoms in total. The molecule has 2 heterocycles. The van der Waals surface area contributed by atoms with Gasteiger partial charge in [-0.05, 0) is 19.1 Å². The van der Waals surface area contributed by atoms with Crippen LogP contribution in [0, 0.1) is 6.92 Å². The van der Waals surface area contributed by atoms with E-state index < -0.39 is 0 Å². The maximum absolute atomic E-state index is 5.86. The van der Waals surface area contributed by atoms with Crippen LogP contribution >= 0.6 is 0 Å². The number of aryl methyl sites for hydroxylation is 1. The van der Waals surface area contributed by atoms with E-state index in [1.54, 1.807) is 4.68 Å². The smallest absolute Gasteiger partial charge is 0.224 e. The van der Waals surface area contributed by atoms with Crippen LogP contribution in [0.2, 0.25) is 0 Å². The van der Waals surface area contributed by atoms with E-state index in [2.05, 4.69) is 15.1 Å². The fourth-order valence-corrected chi connectivity index (χ4v) is 1.98. The Kier molecular flexibility index (Phi) is 2.16. The Labute approximate surface area is 103 Å². The van der Waals surface area contributed by atoms with E-state index in [-0.39, 0.29) is 5.95 Å². The van der Waals surface area contributed by atoms with E-state index in [1.165, 1.54) is 0 Å². The van der Waals surface area contributed by atoms with Gasteiger partial charge < -0.3 is 11.5 Å². The largest absolute Gasteiger partial charge is 0.383 e. The molecule has 0 unspecified atom stereocenters. The van der Waals surface area contributed by atoms with Crippen LogP contribution in [-0.2, 0) is 0 Å². The third-order valence-electron chi connectivity index (χ3n) is 2.75. The molecule has 3 rings (SSSR count). The number of anilines is 2. The number of nitrogens with two attached hydrogens (primary N) is 2. The molecule has 3 aromatic rings. The summed E-state index contributed by atoms with van der Waals surface area (Å²) in [5, 5.41) is 5.18. The minimum Gasteiger partial charge on any atom is -0.383 e. The Bertz CT molecular complexity index is 716. The third-order valence-corrected chi connectivity index (χ3v) is 2.75. The van der Waals surface area contributed by atoms with Crippen LogP contribution in [0.4, 0.5) is 11.8 Å². The first kappa shape index (κ1) is 10.5. The van der Waals surface area contributed by atoms with Crippen molar-refractivity contribution in [3.8, 4) is 5.69 Å². The molecule has 0 saturated heterocycles. The van der Waals surface area contributed by atoms with Crippen molar-refractivity contribution < 1.29 is 0 Å². The molecule has 0 saturated carbocycles. The first-order chi connectivity index (χ1) is 8.66. The highest BCUT2D eigenvalue weighted by Crippen LogP contribution is 2.24. The lowest BCUT2D eigenvalue weighted by atomic mass is 10.3. The lowest BCUT2D eigenvalue weighted by Crippen LogP contribution is -2.03. The Balaban J connectivity index is 2.38. The number of rotatable bonds is 1. The summed E-state index contributed by atoms with van der Waals surface area (Å²) in [7, 11) is 0. The molecular formula is C12H12N6. The average Bonchev–Trinajstić information content (AvgIpc) is 2.67. The van der Waals surface area contributed by atoms with E-state index in [0.29, 0.717) is 11.5 Å². The second-order valence-electron chi connectivity index (χ2n) is 4.00. The molecular weight excluding hydrogens is 228 g/mol. The van der Waals surface area contributed by atoms with Crippen molar-refractivity contribution in [3.05, 3.63) is 36.0 Å². The fraction of sp³-hybridized carbons (Fsp3) is 0.0833. The number of fused-ring (bicyclic) bond motifs is 1. The second kappa shape index (κ2) is 3.69. The minimum absolute atomic E-state index is 0.150. The molecule has 0 aliphatic heterocycles. The zero-order valence-electron chi connectivity index (χ0n) is 9.83. The molecule has 0 aliphatic carbocycles. The highest BCUT2D eigenvalue weighted by Gasteiger charge is 2.14. The van der Waals surface area contributed by atoms with Crippen molar-refractivity contribution in [2.24, 2.45) is 0 Å². The summed E-state index contributed by atoms with van der Waals surface area (Å²) in [6, 6.07) is 9.71. The standard InChI is InChI=1S/C12H12N6/c1-7-9-10(13)15-12(14)16-11(9)18(17-7)8-5-3-2-4-6-8/h2-6H,1H3,(H4,13,14,15,16). The number of hydrogen-bond donors (Lipinski definition) is 2. The van der Waals surface area contributed by atoms with Crippen LogP contribution in [0.25, 0.3) is 16.7 Å². The fourth-order valence-electron chi connectivity index (χ4n) is 1.98. The zero-order chi connectivity index (χ0) is 12.7. The molecule has 4 N–H and O–H groups in total. The van der Waals surface area contributed by atoms with Gasteiger partial charge in [-0.1, -0.05) is 18.2 Å². The number of nitrogen functional groups attached to an aromatic ring is 2. The molecule has 0 amide bonds. The highest BCUT2D eigenvalue weighted by molar-refractivity contribution is 5.90. The molecule has 90 valence electrons. The summed E-state index contributed by atoms with van der Waals surface area (Å²) in [5.41, 5.74) is 13.8. The van der Waals surface area contributed by atoms with Gasteiger partial charge in [0, 0.05) is 0 Å². The molecule has 18 heavy (non-hydrogen) atoms. The van der Waals surface area contributed by atoms with E-state index in [4.69, 9.17) is 11.5 Å². The minimum atomic E-state index is 0.150. The predicted octanol–water partition coefficient (Wildman–Crippen LogP) is 1.29. The van der Waals surface area contributed by atoms with Gasteiger partial charge in [0.15, 0.2) is 5.65 Å². The molecule has 2 aromatic heterocycles. The van der Waals surface area contributed by atoms with Crippen LogP contribution in [-0.4, -0.2) is 19.7 Å². The second-order valence-corrected chi connectivity index (χ2v) is 4.00. The zero-order valence-corrected chi connectivity index (χ0v) is 9.83. The lowest BCUT2D eigenvalue weighted by Gasteiger charge is -2.03. The third kappa shape index (κ3) is 1.46. The van der Waals surface area contributed by atoms with Crippen molar-refractivity contribution in [2.75, 3.05) is 11.5 Å². The van der Waals surface area contributed by atoms with E-state index >= 15 is 0 Å².